The SMILES string of the molecule is C[C@H](NC(=O)[C@@H]1CSC2c3ccccc3C(=O)N21)C(=O)NC1CCCCCC1. The van der Waals surface area contributed by atoms with Crippen LogP contribution < -0.4 is 10.6 Å². The summed E-state index contributed by atoms with van der Waals surface area (Å²) in [5.41, 5.74) is 1.66. The lowest BCUT2D eigenvalue weighted by atomic mass is 10.1. The molecule has 0 aromatic heterocycles. The normalized spacial score (nSPS) is 25.6. The summed E-state index contributed by atoms with van der Waals surface area (Å²) in [5.74, 6) is 0.0625. The van der Waals surface area contributed by atoms with Crippen molar-refractivity contribution in [3.05, 3.63) is 35.4 Å². The smallest absolute Gasteiger partial charge is 0.256 e. The number of nitrogens with one attached hydrogen (secondary N) is 2. The maximum atomic E-state index is 12.8. The van der Waals surface area contributed by atoms with Crippen LogP contribution in [0.5, 0.6) is 0 Å². The summed E-state index contributed by atoms with van der Waals surface area (Å²) in [7, 11) is 0. The van der Waals surface area contributed by atoms with E-state index < -0.39 is 12.1 Å². The van der Waals surface area contributed by atoms with Crippen LogP contribution in [0.15, 0.2) is 24.3 Å². The molecule has 7 heteroatoms. The van der Waals surface area contributed by atoms with Crippen LogP contribution in [0.1, 0.15) is 66.7 Å². The Balaban J connectivity index is 1.36. The number of carbonyl (C=O) groups excluding carboxylic acids is 3. The monoisotopic (exact) mass is 401 g/mol. The Morgan fingerprint density at radius 3 is 2.61 bits per heavy atom. The van der Waals surface area contributed by atoms with Crippen molar-refractivity contribution >= 4 is 29.5 Å². The molecule has 1 unspecified atom stereocenters. The van der Waals surface area contributed by atoms with Crippen LogP contribution >= 0.6 is 11.8 Å². The first-order valence-corrected chi connectivity index (χ1v) is 11.2. The first-order valence-electron chi connectivity index (χ1n) is 10.2. The third-order valence-corrected chi connectivity index (χ3v) is 7.25. The number of rotatable bonds is 4. The third-order valence-electron chi connectivity index (χ3n) is 5.95. The Morgan fingerprint density at radius 2 is 1.86 bits per heavy atom. The number of benzene rings is 1. The van der Waals surface area contributed by atoms with Crippen LogP contribution in [0.3, 0.4) is 0 Å². The fourth-order valence-corrected chi connectivity index (χ4v) is 5.83. The van der Waals surface area contributed by atoms with Crippen molar-refractivity contribution in [3.63, 3.8) is 0 Å². The number of hydrogen-bond acceptors (Lipinski definition) is 4. The van der Waals surface area contributed by atoms with Crippen LogP contribution in [0.2, 0.25) is 0 Å². The number of amides is 3. The molecule has 1 aromatic rings. The topological polar surface area (TPSA) is 78.5 Å². The van der Waals surface area contributed by atoms with E-state index in [9.17, 15) is 14.4 Å². The molecule has 2 fully saturated rings. The Labute approximate surface area is 169 Å². The van der Waals surface area contributed by atoms with Gasteiger partial charge in [0.15, 0.2) is 0 Å². The van der Waals surface area contributed by atoms with E-state index in [1.165, 1.54) is 12.8 Å². The van der Waals surface area contributed by atoms with Gasteiger partial charge in [0.05, 0.1) is 0 Å². The summed E-state index contributed by atoms with van der Waals surface area (Å²) >= 11 is 1.61. The van der Waals surface area contributed by atoms with Crippen LogP contribution in [-0.4, -0.2) is 46.5 Å². The second-order valence-corrected chi connectivity index (χ2v) is 9.04. The van der Waals surface area contributed by atoms with Crippen molar-refractivity contribution in [2.45, 2.75) is 68.9 Å². The molecule has 1 saturated carbocycles. The summed E-state index contributed by atoms with van der Waals surface area (Å²) in [6.07, 6.45) is 6.76. The van der Waals surface area contributed by atoms with E-state index in [-0.39, 0.29) is 29.1 Å². The minimum absolute atomic E-state index is 0.0960. The quantitative estimate of drug-likeness (QED) is 0.760. The van der Waals surface area contributed by atoms with Crippen molar-refractivity contribution in [3.8, 4) is 0 Å². The van der Waals surface area contributed by atoms with E-state index in [0.717, 1.165) is 31.2 Å². The van der Waals surface area contributed by atoms with Gasteiger partial charge in [-0.1, -0.05) is 43.9 Å². The zero-order valence-electron chi connectivity index (χ0n) is 16.1. The van der Waals surface area contributed by atoms with Crippen LogP contribution in [0.4, 0.5) is 0 Å². The average Bonchev–Trinajstić information content (AvgIpc) is 3.13. The number of hydrogen-bond donors (Lipinski definition) is 2. The summed E-state index contributed by atoms with van der Waals surface area (Å²) in [5, 5.41) is 5.81. The Bertz CT molecular complexity index is 776. The molecule has 0 spiro atoms. The molecular formula is C21H27N3O3S. The molecule has 1 aliphatic carbocycles. The van der Waals surface area contributed by atoms with Gasteiger partial charge >= 0.3 is 0 Å². The molecule has 3 atom stereocenters. The van der Waals surface area contributed by atoms with Gasteiger partial charge in [-0.2, -0.15) is 0 Å². The highest BCUT2D eigenvalue weighted by atomic mass is 32.2. The minimum Gasteiger partial charge on any atom is -0.352 e. The predicted molar refractivity (Wildman–Crippen MR) is 109 cm³/mol. The lowest BCUT2D eigenvalue weighted by Gasteiger charge is -2.25. The number of fused-ring (bicyclic) bond motifs is 3. The van der Waals surface area contributed by atoms with Gasteiger partial charge in [-0.3, -0.25) is 14.4 Å². The Hall–Kier alpha value is -2.02. The van der Waals surface area contributed by atoms with Crippen molar-refractivity contribution in [1.29, 1.82) is 0 Å². The molecule has 6 nitrogen and oxygen atoms in total. The lowest BCUT2D eigenvalue weighted by Crippen LogP contribution is -2.53. The molecular weight excluding hydrogens is 374 g/mol. The zero-order valence-corrected chi connectivity index (χ0v) is 17.0. The first kappa shape index (κ1) is 19.3. The van der Waals surface area contributed by atoms with Crippen LogP contribution in [0, 0.1) is 0 Å². The van der Waals surface area contributed by atoms with E-state index >= 15 is 0 Å². The highest BCUT2D eigenvalue weighted by molar-refractivity contribution is 7.99. The van der Waals surface area contributed by atoms with Crippen molar-refractivity contribution < 1.29 is 14.4 Å². The molecule has 1 saturated heterocycles. The molecule has 3 amide bonds. The molecule has 2 aliphatic heterocycles. The fourth-order valence-electron chi connectivity index (χ4n) is 4.37. The standard InChI is InChI=1S/C21H27N3O3S/c1-13(18(25)23-14-8-4-2-3-5-9-14)22-19(26)17-12-28-21-16-11-7-6-10-15(16)20(27)24(17)21/h6-7,10-11,13-14,17,21H,2-5,8-9,12H2,1H3,(H,22,26)(H,23,25)/t13-,17-,21?/m0/s1. The van der Waals surface area contributed by atoms with E-state index in [1.54, 1.807) is 23.6 Å². The lowest BCUT2D eigenvalue weighted by molar-refractivity contribution is -0.130. The van der Waals surface area contributed by atoms with Gasteiger partial charge < -0.3 is 15.5 Å². The van der Waals surface area contributed by atoms with E-state index in [1.807, 2.05) is 24.3 Å². The Kier molecular flexibility index (Phi) is 5.62. The summed E-state index contributed by atoms with van der Waals surface area (Å²) in [6.45, 7) is 1.71. The van der Waals surface area contributed by atoms with E-state index in [0.29, 0.717) is 11.3 Å². The van der Waals surface area contributed by atoms with Gasteiger partial charge in [0.2, 0.25) is 11.8 Å². The largest absolute Gasteiger partial charge is 0.352 e. The highest BCUT2D eigenvalue weighted by Gasteiger charge is 2.48. The van der Waals surface area contributed by atoms with Crippen molar-refractivity contribution in [2.75, 3.05) is 5.75 Å². The number of nitrogens with zero attached hydrogens (tertiary/aromatic N) is 1. The Morgan fingerprint density at radius 1 is 1.14 bits per heavy atom. The van der Waals surface area contributed by atoms with Gasteiger partial charge in [0.25, 0.3) is 5.91 Å². The predicted octanol–water partition coefficient (Wildman–Crippen LogP) is 2.60. The molecule has 28 heavy (non-hydrogen) atoms. The number of thioether (sulfide) groups is 1. The van der Waals surface area contributed by atoms with Crippen molar-refractivity contribution in [2.24, 2.45) is 0 Å². The maximum absolute atomic E-state index is 12.8. The van der Waals surface area contributed by atoms with Gasteiger partial charge in [0.1, 0.15) is 17.5 Å². The molecule has 0 radical (unpaired) electrons. The molecule has 4 rings (SSSR count). The highest BCUT2D eigenvalue weighted by Crippen LogP contribution is 2.48. The second kappa shape index (κ2) is 8.15. The molecule has 2 heterocycles. The molecule has 0 bridgehead atoms. The number of carbonyl (C=O) groups is 3. The summed E-state index contributed by atoms with van der Waals surface area (Å²) in [4.78, 5) is 39.8. The first-order chi connectivity index (χ1) is 13.6. The van der Waals surface area contributed by atoms with Crippen molar-refractivity contribution in [1.82, 2.24) is 15.5 Å². The van der Waals surface area contributed by atoms with E-state index in [2.05, 4.69) is 10.6 Å². The second-order valence-electron chi connectivity index (χ2n) is 7.93. The summed E-state index contributed by atoms with van der Waals surface area (Å²) in [6, 6.07) is 6.59. The van der Waals surface area contributed by atoms with Crippen LogP contribution in [0.25, 0.3) is 0 Å². The van der Waals surface area contributed by atoms with Gasteiger partial charge in [-0.05, 0) is 31.4 Å². The van der Waals surface area contributed by atoms with Gasteiger partial charge in [0, 0.05) is 17.4 Å². The minimum atomic E-state index is -0.611. The third kappa shape index (κ3) is 3.64. The fraction of sp³-hybridized carbons (Fsp3) is 0.571. The maximum Gasteiger partial charge on any atom is 0.256 e. The van der Waals surface area contributed by atoms with Gasteiger partial charge in [-0.25, -0.2) is 0 Å². The summed E-state index contributed by atoms with van der Waals surface area (Å²) < 4.78 is 0. The van der Waals surface area contributed by atoms with Gasteiger partial charge in [-0.15, -0.1) is 11.8 Å². The zero-order chi connectivity index (χ0) is 19.7. The van der Waals surface area contributed by atoms with E-state index in [4.69, 9.17) is 0 Å². The molecule has 1 aromatic carbocycles. The average molecular weight is 402 g/mol. The molecule has 2 N–H and O–H groups in total. The molecule has 3 aliphatic rings. The van der Waals surface area contributed by atoms with Crippen LogP contribution in [-0.2, 0) is 9.59 Å². The molecule has 150 valence electrons.